The van der Waals surface area contributed by atoms with Gasteiger partial charge in [0.05, 0.1) is 12.2 Å². The number of hydrogen-bond donors (Lipinski definition) is 1. The lowest BCUT2D eigenvalue weighted by atomic mass is 9.97. The van der Waals surface area contributed by atoms with E-state index < -0.39 is 17.5 Å². The van der Waals surface area contributed by atoms with Crippen LogP contribution in [0.25, 0.3) is 0 Å². The fourth-order valence-corrected chi connectivity index (χ4v) is 3.55. The molecule has 7 nitrogen and oxygen atoms in total. The van der Waals surface area contributed by atoms with Gasteiger partial charge in [0.2, 0.25) is 0 Å². The first-order chi connectivity index (χ1) is 12.8. The molecule has 1 aliphatic heterocycles. The number of carbonyl (C=O) groups is 3. The quantitative estimate of drug-likeness (QED) is 0.627. The zero-order valence-corrected chi connectivity index (χ0v) is 16.1. The van der Waals surface area contributed by atoms with E-state index in [1.165, 1.54) is 0 Å². The van der Waals surface area contributed by atoms with Crippen molar-refractivity contribution in [2.45, 2.75) is 46.2 Å². The Morgan fingerprint density at radius 1 is 1.26 bits per heavy atom. The number of hydrogen-bond acceptors (Lipinski definition) is 4. The fourth-order valence-electron chi connectivity index (χ4n) is 3.55. The summed E-state index contributed by atoms with van der Waals surface area (Å²) in [7, 11) is 0. The molecule has 0 aliphatic carbocycles. The molecule has 1 fully saturated rings. The standard InChI is InChI=1S/C20H24N4O3/c1-5-10-23-13(2)11-15(14(23)3)16(25)12-24-18(26)20(4,22-19(24)27)17-8-6-7-9-21-17/h6-9,11H,5,10,12H2,1-4H3,(H,22,27). The summed E-state index contributed by atoms with van der Waals surface area (Å²) in [6, 6.07) is 6.42. The highest BCUT2D eigenvalue weighted by molar-refractivity contribution is 6.11. The van der Waals surface area contributed by atoms with Crippen molar-refractivity contribution in [1.82, 2.24) is 19.8 Å². The number of ketones is 1. The summed E-state index contributed by atoms with van der Waals surface area (Å²) in [5.41, 5.74) is 1.58. The van der Waals surface area contributed by atoms with Crippen molar-refractivity contribution in [3.8, 4) is 0 Å². The summed E-state index contributed by atoms with van der Waals surface area (Å²) in [4.78, 5) is 43.3. The number of amides is 3. The van der Waals surface area contributed by atoms with Crippen LogP contribution in [-0.4, -0.2) is 38.7 Å². The van der Waals surface area contributed by atoms with E-state index in [1.54, 1.807) is 31.3 Å². The monoisotopic (exact) mass is 368 g/mol. The zero-order valence-electron chi connectivity index (χ0n) is 16.1. The Labute approximate surface area is 158 Å². The van der Waals surface area contributed by atoms with Crippen molar-refractivity contribution in [2.24, 2.45) is 0 Å². The summed E-state index contributed by atoms with van der Waals surface area (Å²) in [6.07, 6.45) is 2.52. The first-order valence-corrected chi connectivity index (χ1v) is 9.05. The van der Waals surface area contributed by atoms with Gasteiger partial charge < -0.3 is 9.88 Å². The largest absolute Gasteiger partial charge is 0.348 e. The highest BCUT2D eigenvalue weighted by Gasteiger charge is 2.50. The highest BCUT2D eigenvalue weighted by atomic mass is 16.2. The second-order valence-corrected chi connectivity index (χ2v) is 7.02. The van der Waals surface area contributed by atoms with Gasteiger partial charge >= 0.3 is 6.03 Å². The van der Waals surface area contributed by atoms with Crippen molar-refractivity contribution in [1.29, 1.82) is 0 Å². The molecule has 0 spiro atoms. The number of imide groups is 1. The predicted molar refractivity (Wildman–Crippen MR) is 100 cm³/mol. The number of urea groups is 1. The molecule has 0 radical (unpaired) electrons. The molecule has 3 heterocycles. The average Bonchev–Trinajstić information content (AvgIpc) is 3.05. The third-order valence-electron chi connectivity index (χ3n) is 5.08. The zero-order chi connectivity index (χ0) is 19.8. The predicted octanol–water partition coefficient (Wildman–Crippen LogP) is 2.56. The molecule has 3 rings (SSSR count). The van der Waals surface area contributed by atoms with Crippen molar-refractivity contribution in [3.05, 3.63) is 53.1 Å². The molecule has 1 unspecified atom stereocenters. The molecule has 0 aromatic carbocycles. The first-order valence-electron chi connectivity index (χ1n) is 9.05. The number of pyridine rings is 1. The normalized spacial score (nSPS) is 19.5. The maximum Gasteiger partial charge on any atom is 0.325 e. The second-order valence-electron chi connectivity index (χ2n) is 7.02. The van der Waals surface area contributed by atoms with E-state index in [2.05, 4.69) is 21.8 Å². The van der Waals surface area contributed by atoms with E-state index >= 15 is 0 Å². The molecule has 1 saturated heterocycles. The Morgan fingerprint density at radius 3 is 2.63 bits per heavy atom. The van der Waals surface area contributed by atoms with E-state index in [0.717, 1.165) is 29.3 Å². The summed E-state index contributed by atoms with van der Waals surface area (Å²) in [6.45, 7) is 8.06. The number of carbonyl (C=O) groups excluding carboxylic acids is 3. The molecule has 0 saturated carbocycles. The Kier molecular flexibility index (Phi) is 4.87. The van der Waals surface area contributed by atoms with Crippen molar-refractivity contribution >= 4 is 17.7 Å². The number of Topliss-reactive ketones (excluding diaryl/α,β-unsaturated/α-hetero) is 1. The van der Waals surface area contributed by atoms with Crippen LogP contribution in [0, 0.1) is 13.8 Å². The van der Waals surface area contributed by atoms with Gasteiger partial charge in [-0.3, -0.25) is 19.5 Å². The molecule has 0 bridgehead atoms. The van der Waals surface area contributed by atoms with Gasteiger partial charge in [0, 0.05) is 29.7 Å². The third kappa shape index (κ3) is 3.13. The fraction of sp³-hybridized carbons (Fsp3) is 0.400. The van der Waals surface area contributed by atoms with Gasteiger partial charge in [-0.25, -0.2) is 4.79 Å². The molecule has 2 aromatic heterocycles. The molecule has 142 valence electrons. The number of nitrogens with zero attached hydrogens (tertiary/aromatic N) is 3. The minimum atomic E-state index is -1.27. The van der Waals surface area contributed by atoms with Gasteiger partial charge in [-0.1, -0.05) is 13.0 Å². The number of aromatic nitrogens is 2. The summed E-state index contributed by atoms with van der Waals surface area (Å²) in [5.74, 6) is -0.721. The maximum absolute atomic E-state index is 12.9. The molecule has 3 amide bonds. The SMILES string of the molecule is CCCn1c(C)cc(C(=O)CN2C(=O)NC(C)(c3ccccn3)C2=O)c1C. The van der Waals surface area contributed by atoms with Crippen LogP contribution in [0.5, 0.6) is 0 Å². The Hall–Kier alpha value is -2.96. The van der Waals surface area contributed by atoms with Gasteiger partial charge in [-0.05, 0) is 45.4 Å². The topological polar surface area (TPSA) is 84.3 Å². The lowest BCUT2D eigenvalue weighted by Crippen LogP contribution is -2.42. The van der Waals surface area contributed by atoms with Gasteiger partial charge in [-0.15, -0.1) is 0 Å². The van der Waals surface area contributed by atoms with E-state index in [-0.39, 0.29) is 12.3 Å². The van der Waals surface area contributed by atoms with Crippen molar-refractivity contribution in [3.63, 3.8) is 0 Å². The Bertz CT molecular complexity index is 903. The van der Waals surface area contributed by atoms with Crippen LogP contribution >= 0.6 is 0 Å². The van der Waals surface area contributed by atoms with Crippen molar-refractivity contribution < 1.29 is 14.4 Å². The van der Waals surface area contributed by atoms with Gasteiger partial charge in [-0.2, -0.15) is 0 Å². The van der Waals surface area contributed by atoms with Gasteiger partial charge in [0.25, 0.3) is 5.91 Å². The second kappa shape index (κ2) is 6.98. The third-order valence-corrected chi connectivity index (χ3v) is 5.08. The molecule has 7 heteroatoms. The van der Waals surface area contributed by atoms with Crippen LogP contribution in [0.4, 0.5) is 4.79 Å². The molecular formula is C20H24N4O3. The molecular weight excluding hydrogens is 344 g/mol. The van der Waals surface area contributed by atoms with Crippen LogP contribution in [-0.2, 0) is 16.9 Å². The maximum atomic E-state index is 12.9. The van der Waals surface area contributed by atoms with Gasteiger partial charge in [0.15, 0.2) is 11.3 Å². The van der Waals surface area contributed by atoms with Crippen LogP contribution in [0.3, 0.4) is 0 Å². The molecule has 2 aromatic rings. The van der Waals surface area contributed by atoms with Crippen molar-refractivity contribution in [2.75, 3.05) is 6.54 Å². The van der Waals surface area contributed by atoms with Crippen LogP contribution in [0.15, 0.2) is 30.5 Å². The van der Waals surface area contributed by atoms with Crippen LogP contribution in [0.1, 0.15) is 47.7 Å². The summed E-state index contributed by atoms with van der Waals surface area (Å²) in [5, 5.41) is 2.67. The molecule has 1 aliphatic rings. The van der Waals surface area contributed by atoms with Gasteiger partial charge in [0.1, 0.15) is 0 Å². The Balaban J connectivity index is 1.84. The minimum Gasteiger partial charge on any atom is -0.348 e. The lowest BCUT2D eigenvalue weighted by Gasteiger charge is -2.20. The smallest absolute Gasteiger partial charge is 0.325 e. The Morgan fingerprint density at radius 2 is 2.00 bits per heavy atom. The van der Waals surface area contributed by atoms with E-state index in [9.17, 15) is 14.4 Å². The van der Waals surface area contributed by atoms with E-state index in [4.69, 9.17) is 0 Å². The summed E-state index contributed by atoms with van der Waals surface area (Å²) >= 11 is 0. The molecule has 27 heavy (non-hydrogen) atoms. The lowest BCUT2D eigenvalue weighted by molar-refractivity contribution is -0.130. The minimum absolute atomic E-state index is 0.251. The number of rotatable bonds is 6. The molecule has 1 atom stereocenters. The van der Waals surface area contributed by atoms with E-state index in [1.807, 2.05) is 19.9 Å². The first kappa shape index (κ1) is 18.8. The molecule has 1 N–H and O–H groups in total. The van der Waals surface area contributed by atoms with Crippen LogP contribution in [0.2, 0.25) is 0 Å². The number of aryl methyl sites for hydroxylation is 1. The highest BCUT2D eigenvalue weighted by Crippen LogP contribution is 2.27. The van der Waals surface area contributed by atoms with E-state index in [0.29, 0.717) is 11.3 Å². The number of nitrogens with one attached hydrogen (secondary N) is 1. The average molecular weight is 368 g/mol. The summed E-state index contributed by atoms with van der Waals surface area (Å²) < 4.78 is 2.08. The van der Waals surface area contributed by atoms with Crippen LogP contribution < -0.4 is 5.32 Å².